The fraction of sp³-hybridized carbons (Fsp3) is 0.647. The first-order chi connectivity index (χ1) is 50.7. The van der Waals surface area contributed by atoms with Crippen LogP contribution in [-0.2, 0) is 65.4 Å². The van der Waals surface area contributed by atoms with Gasteiger partial charge in [-0.2, -0.15) is 0 Å². The summed E-state index contributed by atoms with van der Waals surface area (Å²) in [6.45, 7) is 4.40. The Morgan fingerprint density at radius 2 is 0.519 bits per heavy atom. The summed E-state index contributed by atoms with van der Waals surface area (Å²) in [5, 5.41) is 10.6. The normalized spacial score (nSPS) is 14.7. The van der Waals surface area contributed by atoms with Gasteiger partial charge in [0.15, 0.2) is 12.2 Å². The average Bonchev–Trinajstić information content (AvgIpc) is 0.931. The number of aliphatic hydroxyl groups is 1. The molecule has 0 radical (unpaired) electrons. The Morgan fingerprint density at radius 1 is 0.279 bits per heavy atom. The summed E-state index contributed by atoms with van der Waals surface area (Å²) in [7, 11) is -9.99. The molecule has 0 saturated heterocycles. The summed E-state index contributed by atoms with van der Waals surface area (Å²) in [6, 6.07) is 0. The predicted molar refractivity (Wildman–Crippen MR) is 427 cm³/mol. The Hall–Kier alpha value is -5.32. The number of phosphoric acid groups is 2. The highest BCUT2D eigenvalue weighted by Gasteiger charge is 2.30. The van der Waals surface area contributed by atoms with E-state index in [1.807, 2.05) is 18.2 Å². The zero-order chi connectivity index (χ0) is 76.0. The van der Waals surface area contributed by atoms with Gasteiger partial charge in [0.2, 0.25) is 0 Å². The number of carbonyl (C=O) groups is 4. The molecule has 5 atom stereocenters. The molecule has 104 heavy (non-hydrogen) atoms. The van der Waals surface area contributed by atoms with Crippen LogP contribution >= 0.6 is 15.6 Å². The molecule has 5 unspecified atom stereocenters. The third-order valence-electron chi connectivity index (χ3n) is 16.0. The van der Waals surface area contributed by atoms with E-state index in [0.29, 0.717) is 32.1 Å². The van der Waals surface area contributed by atoms with E-state index in [1.165, 1.54) is 38.5 Å². The van der Waals surface area contributed by atoms with Gasteiger partial charge in [0, 0.05) is 25.7 Å². The SMILES string of the molecule is CC/C=C\C/C=C\C/C=C\C/C=C\C/C=C\C/C=C\CCC(=O)OCC(COP(=O)(O)OCC(O)COP(=O)(O)OCC(COC(=O)CCCCCCCCC/C=C\C/C=C\C/C=C\CC)OC(=O)CCCCCCCCCCCCC)OC(=O)CCCCCC/C=C\C/C=C\C/C=C\C/C=C\CC. The molecule has 0 spiro atoms. The molecule has 0 amide bonds. The Labute approximate surface area is 629 Å². The van der Waals surface area contributed by atoms with Gasteiger partial charge in [-0.25, -0.2) is 9.13 Å². The molecule has 0 saturated carbocycles. The van der Waals surface area contributed by atoms with Crippen LogP contribution in [0.2, 0.25) is 0 Å². The summed E-state index contributed by atoms with van der Waals surface area (Å²) in [4.78, 5) is 73.0. The van der Waals surface area contributed by atoms with E-state index in [9.17, 15) is 43.2 Å². The minimum atomic E-state index is -5.01. The summed E-state index contributed by atoms with van der Waals surface area (Å²) >= 11 is 0. The van der Waals surface area contributed by atoms with Gasteiger partial charge in [0.25, 0.3) is 0 Å². The van der Waals surface area contributed by atoms with Crippen LogP contribution < -0.4 is 0 Å². The molecular weight excluding hydrogens is 1350 g/mol. The summed E-state index contributed by atoms with van der Waals surface area (Å²) in [5.74, 6) is -2.31. The van der Waals surface area contributed by atoms with Crippen LogP contribution in [0.5, 0.6) is 0 Å². The topological polar surface area (TPSA) is 237 Å². The van der Waals surface area contributed by atoms with Gasteiger partial charge < -0.3 is 33.8 Å². The molecule has 3 N–H and O–H groups in total. The van der Waals surface area contributed by atoms with Crippen molar-refractivity contribution in [1.29, 1.82) is 0 Å². The second-order valence-electron chi connectivity index (χ2n) is 25.9. The van der Waals surface area contributed by atoms with Crippen LogP contribution in [0, 0.1) is 0 Å². The third-order valence-corrected chi connectivity index (χ3v) is 17.9. The second kappa shape index (κ2) is 75.9. The number of ether oxygens (including phenoxy) is 4. The maximum atomic E-state index is 13.1. The number of aliphatic hydroxyl groups excluding tert-OH is 1. The van der Waals surface area contributed by atoms with Gasteiger partial charge >= 0.3 is 39.5 Å². The Balaban J connectivity index is 5.44. The minimum Gasteiger partial charge on any atom is -0.462 e. The van der Waals surface area contributed by atoms with Crippen molar-refractivity contribution in [3.63, 3.8) is 0 Å². The number of rotatable bonds is 73. The fourth-order valence-corrected chi connectivity index (χ4v) is 11.7. The summed E-state index contributed by atoms with van der Waals surface area (Å²) in [6.07, 6.45) is 88.1. The Morgan fingerprint density at radius 3 is 0.827 bits per heavy atom. The van der Waals surface area contributed by atoms with Gasteiger partial charge in [-0.15, -0.1) is 0 Å². The lowest BCUT2D eigenvalue weighted by Crippen LogP contribution is -2.30. The zero-order valence-corrected chi connectivity index (χ0v) is 66.4. The quantitative estimate of drug-likeness (QED) is 0.0169. The van der Waals surface area contributed by atoms with Gasteiger partial charge in [-0.05, 0) is 135 Å². The van der Waals surface area contributed by atoms with Gasteiger partial charge in [0.05, 0.1) is 26.4 Å². The lowest BCUT2D eigenvalue weighted by atomic mass is 10.1. The number of hydrogen-bond acceptors (Lipinski definition) is 15. The molecule has 0 aromatic heterocycles. The van der Waals surface area contributed by atoms with Crippen molar-refractivity contribution >= 4 is 39.5 Å². The number of unbranched alkanes of at least 4 members (excludes halogenated alkanes) is 21. The van der Waals surface area contributed by atoms with Crippen molar-refractivity contribution in [3.8, 4) is 0 Å². The largest absolute Gasteiger partial charge is 0.472 e. The molecule has 0 heterocycles. The van der Waals surface area contributed by atoms with Crippen LogP contribution in [0.4, 0.5) is 0 Å². The zero-order valence-electron chi connectivity index (χ0n) is 64.6. The molecule has 0 rings (SSSR count). The standard InChI is InChI=1S/C85H140O17P2/c1-5-9-13-17-21-25-29-32-35-38-39-42-44-47-51-54-58-62-66-70-83(88)96-76-81(102-85(90)72-68-64-60-56-52-48-45-41-37-34-31-27-23-19-15-11-7-3)78-100-104(93,94)98-74-79(86)73-97-103(91,92)99-77-80(101-84(89)71-67-63-59-55-49-28-24-20-16-12-8-4)75-95-82(87)69-65-61-57-53-50-46-43-40-36-33-30-26-22-18-14-10-6-2/h9-11,13-15,21-23,25-27,32-37,39,42,45,47-48,51,58,62,79-81,86H,5-8,12,16-20,24,28-31,38,40-41,43-44,46,49-50,52-57,59-61,63-78H2,1-4H3,(H,91,92)(H,93,94)/b13-9-,14-10-,15-11-,25-21-,26-22-,27-23-,35-32-,36-33-,37-34-,42-39-,48-45-,51-47-,62-58-. The van der Waals surface area contributed by atoms with Crippen molar-refractivity contribution in [2.24, 2.45) is 0 Å². The monoisotopic (exact) mass is 1490 g/mol. The molecule has 0 aliphatic carbocycles. The molecular formula is C85H140O17P2. The molecule has 0 fully saturated rings. The van der Waals surface area contributed by atoms with E-state index in [-0.39, 0.29) is 25.7 Å². The van der Waals surface area contributed by atoms with Crippen molar-refractivity contribution < 1.29 is 80.2 Å². The molecule has 19 heteroatoms. The number of hydrogen-bond donors (Lipinski definition) is 3. The van der Waals surface area contributed by atoms with Gasteiger partial charge in [0.1, 0.15) is 19.3 Å². The third kappa shape index (κ3) is 74.9. The van der Waals surface area contributed by atoms with E-state index in [2.05, 4.69) is 167 Å². The Bertz CT molecular complexity index is 2590. The van der Waals surface area contributed by atoms with Crippen molar-refractivity contribution in [1.82, 2.24) is 0 Å². The first-order valence-electron chi connectivity index (χ1n) is 39.7. The maximum Gasteiger partial charge on any atom is 0.472 e. The molecule has 0 aliphatic rings. The summed E-state index contributed by atoms with van der Waals surface area (Å²) in [5.41, 5.74) is 0. The van der Waals surface area contributed by atoms with E-state index in [1.54, 1.807) is 0 Å². The van der Waals surface area contributed by atoms with Crippen LogP contribution in [0.1, 0.15) is 297 Å². The Kier molecular flexibility index (Phi) is 72.0. The van der Waals surface area contributed by atoms with Crippen LogP contribution in [0.15, 0.2) is 158 Å². The fourth-order valence-electron chi connectivity index (χ4n) is 10.1. The average molecular weight is 1500 g/mol. The smallest absolute Gasteiger partial charge is 0.462 e. The van der Waals surface area contributed by atoms with Crippen LogP contribution in [-0.4, -0.2) is 96.7 Å². The minimum absolute atomic E-state index is 0.0257. The van der Waals surface area contributed by atoms with Crippen LogP contribution in [0.25, 0.3) is 0 Å². The molecule has 0 aliphatic heterocycles. The maximum absolute atomic E-state index is 13.1. The van der Waals surface area contributed by atoms with Crippen LogP contribution in [0.3, 0.4) is 0 Å². The molecule has 0 aromatic carbocycles. The van der Waals surface area contributed by atoms with E-state index in [4.69, 9.17) is 37.0 Å². The highest BCUT2D eigenvalue weighted by Crippen LogP contribution is 2.45. The highest BCUT2D eigenvalue weighted by molar-refractivity contribution is 7.47. The number of phosphoric ester groups is 2. The summed E-state index contributed by atoms with van der Waals surface area (Å²) < 4.78 is 68.5. The number of esters is 4. The lowest BCUT2D eigenvalue weighted by molar-refractivity contribution is -0.161. The van der Waals surface area contributed by atoms with Crippen molar-refractivity contribution in [2.45, 2.75) is 316 Å². The van der Waals surface area contributed by atoms with E-state index in [0.717, 1.165) is 173 Å². The second-order valence-corrected chi connectivity index (χ2v) is 28.8. The van der Waals surface area contributed by atoms with E-state index < -0.39 is 97.5 Å². The van der Waals surface area contributed by atoms with Gasteiger partial charge in [-0.1, -0.05) is 295 Å². The number of carbonyl (C=O) groups excluding carboxylic acids is 4. The highest BCUT2D eigenvalue weighted by atomic mass is 31.2. The van der Waals surface area contributed by atoms with Crippen molar-refractivity contribution in [2.75, 3.05) is 39.6 Å². The lowest BCUT2D eigenvalue weighted by Gasteiger charge is -2.21. The van der Waals surface area contributed by atoms with E-state index >= 15 is 0 Å². The predicted octanol–water partition coefficient (Wildman–Crippen LogP) is 23.2. The molecule has 0 aromatic rings. The molecule has 0 bridgehead atoms. The number of allylic oxidation sites excluding steroid dienone is 26. The van der Waals surface area contributed by atoms with Crippen molar-refractivity contribution in [3.05, 3.63) is 158 Å². The molecule has 17 nitrogen and oxygen atoms in total. The first kappa shape index (κ1) is 98.7. The first-order valence-corrected chi connectivity index (χ1v) is 42.7. The molecule has 592 valence electrons. The van der Waals surface area contributed by atoms with Gasteiger partial charge in [-0.3, -0.25) is 37.3 Å².